The zero-order chi connectivity index (χ0) is 19.5. The van der Waals surface area contributed by atoms with Gasteiger partial charge in [-0.25, -0.2) is 9.18 Å². The van der Waals surface area contributed by atoms with Gasteiger partial charge in [-0.15, -0.1) is 0 Å². The Labute approximate surface area is 166 Å². The monoisotopic (exact) mass is 400 g/mol. The first-order valence-electron chi connectivity index (χ1n) is 9.03. The molecule has 0 bridgehead atoms. The molecule has 1 saturated heterocycles. The highest BCUT2D eigenvalue weighted by Crippen LogP contribution is 2.32. The molecule has 1 N–H and O–H groups in total. The highest BCUT2D eigenvalue weighted by Gasteiger charge is 2.32. The Hall–Kier alpha value is -2.93. The Morgan fingerprint density at radius 1 is 1.21 bits per heavy atom. The summed E-state index contributed by atoms with van der Waals surface area (Å²) in [6, 6.07) is 12.5. The predicted octanol–water partition coefficient (Wildman–Crippen LogP) is 5.29. The SMILES string of the molecule is O=C(Nc1ccccc1F)N1CCCC[C@H]1c1nc(-c2cccc(Cl)c2)no1. The lowest BCUT2D eigenvalue weighted by molar-refractivity contribution is 0.142. The van der Waals surface area contributed by atoms with Gasteiger partial charge in [0, 0.05) is 17.1 Å². The fourth-order valence-electron chi connectivity index (χ4n) is 3.30. The van der Waals surface area contributed by atoms with E-state index in [0.717, 1.165) is 18.4 Å². The first kappa shape index (κ1) is 18.4. The highest BCUT2D eigenvalue weighted by atomic mass is 35.5. The van der Waals surface area contributed by atoms with Gasteiger partial charge in [0.15, 0.2) is 0 Å². The van der Waals surface area contributed by atoms with Crippen molar-refractivity contribution < 1.29 is 13.7 Å². The molecule has 2 heterocycles. The second-order valence-corrected chi connectivity index (χ2v) is 7.02. The number of aromatic nitrogens is 2. The summed E-state index contributed by atoms with van der Waals surface area (Å²) in [6.07, 6.45) is 2.49. The smallest absolute Gasteiger partial charge is 0.322 e. The molecule has 1 aliphatic rings. The van der Waals surface area contributed by atoms with E-state index in [-0.39, 0.29) is 11.7 Å². The topological polar surface area (TPSA) is 71.3 Å². The van der Waals surface area contributed by atoms with Gasteiger partial charge in [0.05, 0.1) is 5.69 Å². The van der Waals surface area contributed by atoms with Crippen LogP contribution in [-0.4, -0.2) is 27.6 Å². The molecule has 6 nitrogen and oxygen atoms in total. The normalized spacial score (nSPS) is 16.8. The number of rotatable bonds is 3. The van der Waals surface area contributed by atoms with Crippen LogP contribution in [0.2, 0.25) is 5.02 Å². The standard InChI is InChI=1S/C20H18ClFN4O2/c21-14-7-5-6-13(12-14)18-24-19(28-25-18)17-10-3-4-11-26(17)20(27)23-16-9-2-1-8-15(16)22/h1-2,5-9,12,17H,3-4,10-11H2,(H,23,27)/t17-/m0/s1. The van der Waals surface area contributed by atoms with Gasteiger partial charge in [0.2, 0.25) is 11.7 Å². The van der Waals surface area contributed by atoms with Crippen LogP contribution in [0.3, 0.4) is 0 Å². The van der Waals surface area contributed by atoms with E-state index in [1.165, 1.54) is 12.1 Å². The zero-order valence-corrected chi connectivity index (χ0v) is 15.7. The van der Waals surface area contributed by atoms with Gasteiger partial charge in [-0.05, 0) is 43.5 Å². The number of piperidine rings is 1. The molecule has 2 aromatic carbocycles. The molecule has 0 spiro atoms. The predicted molar refractivity (Wildman–Crippen MR) is 103 cm³/mol. The number of likely N-dealkylation sites (tertiary alicyclic amines) is 1. The van der Waals surface area contributed by atoms with Gasteiger partial charge in [0.1, 0.15) is 11.9 Å². The maximum absolute atomic E-state index is 13.9. The van der Waals surface area contributed by atoms with Gasteiger partial charge >= 0.3 is 6.03 Å². The summed E-state index contributed by atoms with van der Waals surface area (Å²) in [5.74, 6) is 0.293. The van der Waals surface area contributed by atoms with Crippen LogP contribution in [0.1, 0.15) is 31.2 Å². The second kappa shape index (κ2) is 7.98. The minimum absolute atomic E-state index is 0.141. The molecule has 28 heavy (non-hydrogen) atoms. The van der Waals surface area contributed by atoms with E-state index in [0.29, 0.717) is 29.7 Å². The van der Waals surface area contributed by atoms with Gasteiger partial charge in [-0.3, -0.25) is 0 Å². The lowest BCUT2D eigenvalue weighted by Crippen LogP contribution is -2.41. The molecule has 1 atom stereocenters. The number of para-hydroxylation sites is 1. The van der Waals surface area contributed by atoms with Gasteiger partial charge in [0.25, 0.3) is 0 Å². The zero-order valence-electron chi connectivity index (χ0n) is 14.9. The van der Waals surface area contributed by atoms with Gasteiger partial charge in [-0.1, -0.05) is 41.0 Å². The van der Waals surface area contributed by atoms with E-state index in [9.17, 15) is 9.18 Å². The Balaban J connectivity index is 1.56. The van der Waals surface area contributed by atoms with E-state index in [1.54, 1.807) is 29.2 Å². The van der Waals surface area contributed by atoms with Crippen LogP contribution in [0.25, 0.3) is 11.4 Å². The van der Waals surface area contributed by atoms with Crippen molar-refractivity contribution in [2.45, 2.75) is 25.3 Å². The maximum Gasteiger partial charge on any atom is 0.322 e. The Morgan fingerprint density at radius 2 is 2.07 bits per heavy atom. The number of hydrogen-bond donors (Lipinski definition) is 1. The van der Waals surface area contributed by atoms with Crippen LogP contribution in [-0.2, 0) is 0 Å². The van der Waals surface area contributed by atoms with Crippen molar-refractivity contribution in [2.75, 3.05) is 11.9 Å². The average Bonchev–Trinajstić information content (AvgIpc) is 3.20. The molecule has 1 aromatic heterocycles. The van der Waals surface area contributed by atoms with E-state index in [1.807, 2.05) is 12.1 Å². The maximum atomic E-state index is 13.9. The van der Waals surface area contributed by atoms with Gasteiger partial charge in [-0.2, -0.15) is 4.98 Å². The summed E-state index contributed by atoms with van der Waals surface area (Å²) in [6.45, 7) is 0.528. The van der Waals surface area contributed by atoms with Crippen molar-refractivity contribution in [3.05, 3.63) is 65.3 Å². The van der Waals surface area contributed by atoms with Crippen LogP contribution in [0.4, 0.5) is 14.9 Å². The van der Waals surface area contributed by atoms with Crippen LogP contribution in [0.15, 0.2) is 53.1 Å². The Bertz CT molecular complexity index is 994. The molecule has 144 valence electrons. The minimum Gasteiger partial charge on any atom is -0.337 e. The third-order valence-corrected chi connectivity index (χ3v) is 4.92. The third-order valence-electron chi connectivity index (χ3n) is 4.69. The summed E-state index contributed by atoms with van der Waals surface area (Å²) in [4.78, 5) is 18.9. The number of urea groups is 1. The third kappa shape index (κ3) is 3.84. The molecule has 0 saturated carbocycles. The second-order valence-electron chi connectivity index (χ2n) is 6.58. The number of carbonyl (C=O) groups is 1. The lowest BCUT2D eigenvalue weighted by Gasteiger charge is -2.33. The summed E-state index contributed by atoms with van der Waals surface area (Å²) in [5.41, 5.74) is 0.877. The van der Waals surface area contributed by atoms with Crippen molar-refractivity contribution in [3.8, 4) is 11.4 Å². The lowest BCUT2D eigenvalue weighted by atomic mass is 10.0. The fourth-order valence-corrected chi connectivity index (χ4v) is 3.49. The summed E-state index contributed by atoms with van der Waals surface area (Å²) < 4.78 is 19.3. The quantitative estimate of drug-likeness (QED) is 0.648. The molecule has 1 fully saturated rings. The van der Waals surface area contributed by atoms with Crippen molar-refractivity contribution in [2.24, 2.45) is 0 Å². The number of nitrogens with zero attached hydrogens (tertiary/aromatic N) is 3. The van der Waals surface area contributed by atoms with Crippen LogP contribution in [0.5, 0.6) is 0 Å². The number of amides is 2. The Morgan fingerprint density at radius 3 is 2.89 bits per heavy atom. The first-order chi connectivity index (χ1) is 13.6. The van der Waals surface area contributed by atoms with Crippen LogP contribution < -0.4 is 5.32 Å². The average molecular weight is 401 g/mol. The van der Waals surface area contributed by atoms with E-state index in [2.05, 4.69) is 15.5 Å². The number of carbonyl (C=O) groups excluding carboxylic acids is 1. The molecule has 8 heteroatoms. The molecule has 1 aliphatic heterocycles. The summed E-state index contributed by atoms with van der Waals surface area (Å²) in [7, 11) is 0. The van der Waals surface area contributed by atoms with Gasteiger partial charge < -0.3 is 14.7 Å². The van der Waals surface area contributed by atoms with Crippen molar-refractivity contribution in [3.63, 3.8) is 0 Å². The highest BCUT2D eigenvalue weighted by molar-refractivity contribution is 6.30. The molecule has 3 aromatic rings. The number of anilines is 1. The molecule has 0 radical (unpaired) electrons. The largest absolute Gasteiger partial charge is 0.337 e. The molecular formula is C20H18ClFN4O2. The summed E-state index contributed by atoms with van der Waals surface area (Å²) in [5, 5.41) is 7.24. The molecular weight excluding hydrogens is 383 g/mol. The molecule has 0 unspecified atom stereocenters. The molecule has 2 amide bonds. The summed E-state index contributed by atoms with van der Waals surface area (Å²) >= 11 is 6.03. The van der Waals surface area contributed by atoms with Crippen molar-refractivity contribution in [1.29, 1.82) is 0 Å². The van der Waals surface area contributed by atoms with E-state index in [4.69, 9.17) is 16.1 Å². The number of benzene rings is 2. The molecule has 4 rings (SSSR count). The van der Waals surface area contributed by atoms with Crippen LogP contribution in [0, 0.1) is 5.82 Å². The van der Waals surface area contributed by atoms with Crippen molar-refractivity contribution in [1.82, 2.24) is 15.0 Å². The molecule has 0 aliphatic carbocycles. The first-order valence-corrected chi connectivity index (χ1v) is 9.41. The fraction of sp³-hybridized carbons (Fsp3) is 0.250. The van der Waals surface area contributed by atoms with E-state index < -0.39 is 11.8 Å². The van der Waals surface area contributed by atoms with E-state index >= 15 is 0 Å². The number of nitrogens with one attached hydrogen (secondary N) is 1. The van der Waals surface area contributed by atoms with Crippen molar-refractivity contribution >= 4 is 23.3 Å². The van der Waals surface area contributed by atoms with Crippen LogP contribution >= 0.6 is 11.6 Å². The minimum atomic E-state index is -0.481. The number of hydrogen-bond acceptors (Lipinski definition) is 4. The Kier molecular flexibility index (Phi) is 5.25. The number of halogens is 2.